The van der Waals surface area contributed by atoms with Crippen molar-refractivity contribution in [3.8, 4) is 0 Å². The van der Waals surface area contributed by atoms with Gasteiger partial charge in [-0.2, -0.15) is 0 Å². The second kappa shape index (κ2) is 5.91. The Morgan fingerprint density at radius 3 is 2.56 bits per heavy atom. The highest BCUT2D eigenvalue weighted by molar-refractivity contribution is 6.32. The van der Waals surface area contributed by atoms with Crippen molar-refractivity contribution in [2.75, 3.05) is 0 Å². The summed E-state index contributed by atoms with van der Waals surface area (Å²) in [6.07, 6.45) is 15.5. The minimum absolute atomic E-state index is 0.598. The third-order valence-corrected chi connectivity index (χ3v) is 6.44. The lowest BCUT2D eigenvalue weighted by Gasteiger charge is -2.48. The zero-order chi connectivity index (χ0) is 16.8. The predicted octanol–water partition coefficient (Wildman–Crippen LogP) is 4.22. The average Bonchev–Trinajstić information content (AvgIpc) is 2.67. The Morgan fingerprint density at radius 2 is 1.68 bits per heavy atom. The molecule has 0 bridgehead atoms. The van der Waals surface area contributed by atoms with Crippen LogP contribution in [0.4, 0.5) is 0 Å². The molecule has 0 aromatic heterocycles. The Bertz CT molecular complexity index is 888. The fraction of sp³-hybridized carbons (Fsp3) is 0.250. The molecule has 5 unspecified atom stereocenters. The van der Waals surface area contributed by atoms with Crippen molar-refractivity contribution in [2.45, 2.75) is 18.3 Å². The largest absolute Gasteiger partial charge is 0.139 e. The molecule has 5 rings (SSSR count). The molecular weight excluding hydrogens is 299 g/mol. The molecule has 1 heteroatoms. The van der Waals surface area contributed by atoms with Crippen LogP contribution in [0.15, 0.2) is 78.9 Å². The highest BCUT2D eigenvalue weighted by atomic mass is 14.5. The average molecular weight is 322 g/mol. The number of benzene rings is 2. The molecular formula is C24H23B. The molecule has 5 atom stereocenters. The molecule has 0 radical (unpaired) electrons. The smallest absolute Gasteiger partial charge is 0.0887 e. The van der Waals surface area contributed by atoms with Gasteiger partial charge in [0.15, 0.2) is 0 Å². The van der Waals surface area contributed by atoms with Crippen molar-refractivity contribution < 1.29 is 0 Å². The van der Waals surface area contributed by atoms with Crippen LogP contribution in [0.3, 0.4) is 0 Å². The molecule has 0 amide bonds. The Labute approximate surface area is 151 Å². The molecule has 0 nitrogen and oxygen atoms in total. The number of allylic oxidation sites excluding steroid dienone is 5. The third-order valence-electron chi connectivity index (χ3n) is 6.44. The van der Waals surface area contributed by atoms with Gasteiger partial charge in [-0.15, -0.1) is 0 Å². The Balaban J connectivity index is 1.60. The molecule has 0 spiro atoms. The van der Waals surface area contributed by atoms with Gasteiger partial charge in [0.05, 0.1) is 0 Å². The zero-order valence-electron chi connectivity index (χ0n) is 14.7. The fourth-order valence-corrected chi connectivity index (χ4v) is 5.37. The maximum Gasteiger partial charge on any atom is 0.139 e. The van der Waals surface area contributed by atoms with Crippen LogP contribution in [0.2, 0.25) is 0 Å². The monoisotopic (exact) mass is 322 g/mol. The highest BCUT2D eigenvalue weighted by Crippen LogP contribution is 2.55. The fourth-order valence-electron chi connectivity index (χ4n) is 5.37. The molecule has 0 aliphatic heterocycles. The van der Waals surface area contributed by atoms with Gasteiger partial charge >= 0.3 is 0 Å². The van der Waals surface area contributed by atoms with E-state index in [1.807, 2.05) is 0 Å². The van der Waals surface area contributed by atoms with Crippen LogP contribution in [0.25, 0.3) is 6.08 Å². The van der Waals surface area contributed by atoms with Gasteiger partial charge in [0.25, 0.3) is 0 Å². The number of rotatable bonds is 1. The van der Waals surface area contributed by atoms with E-state index in [1.54, 1.807) is 5.56 Å². The van der Waals surface area contributed by atoms with Crippen LogP contribution in [0.1, 0.15) is 34.9 Å². The maximum absolute atomic E-state index is 2.48. The Hall–Kier alpha value is -2.28. The first-order valence-electron chi connectivity index (χ1n) is 9.50. The van der Waals surface area contributed by atoms with Crippen LogP contribution in [-0.2, 0) is 0 Å². The lowest BCUT2D eigenvalue weighted by molar-refractivity contribution is 0.206. The van der Waals surface area contributed by atoms with Gasteiger partial charge in [-0.05, 0) is 52.7 Å². The van der Waals surface area contributed by atoms with E-state index in [9.17, 15) is 0 Å². The van der Waals surface area contributed by atoms with Gasteiger partial charge in [-0.3, -0.25) is 0 Å². The molecule has 1 saturated carbocycles. The molecule has 3 aliphatic rings. The molecule has 122 valence electrons. The van der Waals surface area contributed by atoms with E-state index in [0.717, 1.165) is 0 Å². The van der Waals surface area contributed by atoms with E-state index >= 15 is 0 Å². The van der Waals surface area contributed by atoms with Gasteiger partial charge in [-0.25, -0.2) is 0 Å². The summed E-state index contributed by atoms with van der Waals surface area (Å²) in [7, 11) is 2.21. The predicted molar refractivity (Wildman–Crippen MR) is 109 cm³/mol. The van der Waals surface area contributed by atoms with Gasteiger partial charge in [-0.1, -0.05) is 90.4 Å². The summed E-state index contributed by atoms with van der Waals surface area (Å²) in [4.78, 5) is 0. The summed E-state index contributed by atoms with van der Waals surface area (Å²) >= 11 is 0. The molecule has 3 aliphatic carbocycles. The van der Waals surface area contributed by atoms with Crippen molar-refractivity contribution in [2.24, 2.45) is 17.8 Å². The summed E-state index contributed by atoms with van der Waals surface area (Å²) < 4.78 is 0. The normalized spacial score (nSPS) is 31.9. The van der Waals surface area contributed by atoms with Gasteiger partial charge in [0.2, 0.25) is 0 Å². The van der Waals surface area contributed by atoms with Crippen LogP contribution < -0.4 is 5.46 Å². The summed E-state index contributed by atoms with van der Waals surface area (Å²) in [5.74, 6) is 3.07. The quantitative estimate of drug-likeness (QED) is 0.690. The molecule has 25 heavy (non-hydrogen) atoms. The van der Waals surface area contributed by atoms with Gasteiger partial charge in [0.1, 0.15) is 7.85 Å². The van der Waals surface area contributed by atoms with Crippen molar-refractivity contribution >= 4 is 19.4 Å². The second-order valence-electron chi connectivity index (χ2n) is 7.86. The van der Waals surface area contributed by atoms with Crippen LogP contribution in [0, 0.1) is 17.8 Å². The van der Waals surface area contributed by atoms with Gasteiger partial charge in [0, 0.05) is 0 Å². The van der Waals surface area contributed by atoms with Crippen LogP contribution in [0.5, 0.6) is 0 Å². The highest BCUT2D eigenvalue weighted by Gasteiger charge is 2.44. The van der Waals surface area contributed by atoms with E-state index in [4.69, 9.17) is 0 Å². The van der Waals surface area contributed by atoms with Crippen molar-refractivity contribution in [1.29, 1.82) is 0 Å². The molecule has 2 aromatic carbocycles. The number of hydrogen-bond donors (Lipinski definition) is 0. The first kappa shape index (κ1) is 15.0. The van der Waals surface area contributed by atoms with E-state index in [1.165, 1.54) is 23.0 Å². The lowest BCUT2D eigenvalue weighted by atomic mass is 9.56. The molecule has 0 heterocycles. The SMILES string of the molecule is Bc1cccc(C2CC3C=Cc4ccccc4C3C3C=CC=CC23)c1. The molecule has 1 fully saturated rings. The molecule has 2 aromatic rings. The summed E-state index contributed by atoms with van der Waals surface area (Å²) in [6, 6.07) is 18.2. The summed E-state index contributed by atoms with van der Waals surface area (Å²) in [5.41, 5.74) is 5.85. The lowest BCUT2D eigenvalue weighted by Crippen LogP contribution is -2.37. The van der Waals surface area contributed by atoms with Crippen molar-refractivity contribution in [1.82, 2.24) is 0 Å². The van der Waals surface area contributed by atoms with E-state index in [-0.39, 0.29) is 0 Å². The van der Waals surface area contributed by atoms with E-state index in [0.29, 0.717) is 29.6 Å². The van der Waals surface area contributed by atoms with Crippen LogP contribution in [-0.4, -0.2) is 7.85 Å². The molecule has 0 N–H and O–H groups in total. The third kappa shape index (κ3) is 2.45. The first-order valence-corrected chi connectivity index (χ1v) is 9.50. The number of hydrogen-bond acceptors (Lipinski definition) is 0. The van der Waals surface area contributed by atoms with Crippen LogP contribution >= 0.6 is 0 Å². The minimum Gasteiger partial charge on any atom is -0.0887 e. The second-order valence-corrected chi connectivity index (χ2v) is 7.86. The van der Waals surface area contributed by atoms with Crippen molar-refractivity contribution in [3.63, 3.8) is 0 Å². The maximum atomic E-state index is 2.48. The number of fused-ring (bicyclic) bond motifs is 5. The van der Waals surface area contributed by atoms with Crippen molar-refractivity contribution in [3.05, 3.63) is 95.6 Å². The summed E-state index contributed by atoms with van der Waals surface area (Å²) in [6.45, 7) is 0. The first-order chi connectivity index (χ1) is 12.3. The Kier molecular flexibility index (Phi) is 3.55. The van der Waals surface area contributed by atoms with Gasteiger partial charge < -0.3 is 0 Å². The molecule has 0 saturated heterocycles. The Morgan fingerprint density at radius 1 is 0.840 bits per heavy atom. The van der Waals surface area contributed by atoms with E-state index in [2.05, 4.69) is 92.8 Å². The summed E-state index contributed by atoms with van der Waals surface area (Å²) in [5, 5.41) is 0. The van der Waals surface area contributed by atoms with E-state index < -0.39 is 0 Å². The minimum atomic E-state index is 0.598. The standard InChI is InChI=1S/C24H23B/c25-19-8-5-7-17(14-19)23-15-18-13-12-16-6-1-2-9-20(16)24(18)22-11-4-3-10-21(22)23/h1-14,18,21-24H,15,25H2. The zero-order valence-corrected chi connectivity index (χ0v) is 14.7. The topological polar surface area (TPSA) is 0 Å².